The van der Waals surface area contributed by atoms with Gasteiger partial charge in [-0.3, -0.25) is 0 Å². The van der Waals surface area contributed by atoms with E-state index in [0.717, 1.165) is 16.7 Å². The van der Waals surface area contributed by atoms with Gasteiger partial charge in [-0.15, -0.1) is 0 Å². The quantitative estimate of drug-likeness (QED) is 0.842. The summed E-state index contributed by atoms with van der Waals surface area (Å²) in [6.07, 6.45) is 0. The van der Waals surface area contributed by atoms with Crippen LogP contribution in [-0.4, -0.2) is 38.0 Å². The molecule has 1 aliphatic heterocycles. The van der Waals surface area contributed by atoms with Gasteiger partial charge in [0.15, 0.2) is 0 Å². The maximum atomic E-state index is 13.0. The molecule has 0 atom stereocenters. The number of hydrogen-bond donors (Lipinski definition) is 0. The van der Waals surface area contributed by atoms with Gasteiger partial charge in [0.25, 0.3) is 0 Å². The van der Waals surface area contributed by atoms with Crippen LogP contribution in [0.2, 0.25) is 0 Å². The van der Waals surface area contributed by atoms with Crippen LogP contribution in [0.4, 0.5) is 0 Å². The van der Waals surface area contributed by atoms with Gasteiger partial charge in [-0.1, -0.05) is 17.7 Å². The first-order valence-electron chi connectivity index (χ1n) is 6.85. The van der Waals surface area contributed by atoms with Gasteiger partial charge in [0, 0.05) is 6.54 Å². The number of nitrogens with zero attached hydrogens (tertiary/aromatic N) is 1. The van der Waals surface area contributed by atoms with Crippen LogP contribution in [0.1, 0.15) is 30.5 Å². The molecule has 0 spiro atoms. The molecule has 0 radical (unpaired) electrons. The first-order chi connectivity index (χ1) is 9.16. The Morgan fingerprint density at radius 2 is 1.70 bits per heavy atom. The van der Waals surface area contributed by atoms with Crippen LogP contribution in [0.15, 0.2) is 17.0 Å². The second-order valence-electron chi connectivity index (χ2n) is 6.17. The molecule has 1 aromatic rings. The summed E-state index contributed by atoms with van der Waals surface area (Å²) in [6.45, 7) is 10.8. The number of sulfonamides is 1. The minimum Gasteiger partial charge on any atom is -0.378 e. The normalized spacial score (nSPS) is 20.1. The summed E-state index contributed by atoms with van der Waals surface area (Å²) in [6, 6.07) is 3.85. The Kier molecular flexibility index (Phi) is 3.97. The van der Waals surface area contributed by atoms with E-state index in [4.69, 9.17) is 4.74 Å². The largest absolute Gasteiger partial charge is 0.378 e. The molecule has 1 saturated heterocycles. The molecule has 0 aliphatic carbocycles. The zero-order chi connectivity index (χ0) is 15.1. The third kappa shape index (κ3) is 2.62. The van der Waals surface area contributed by atoms with Crippen molar-refractivity contribution in [3.05, 3.63) is 28.8 Å². The van der Waals surface area contributed by atoms with Crippen molar-refractivity contribution in [2.24, 2.45) is 0 Å². The maximum Gasteiger partial charge on any atom is 0.244 e. The lowest BCUT2D eigenvalue weighted by Crippen LogP contribution is -2.55. The van der Waals surface area contributed by atoms with Crippen molar-refractivity contribution in [3.8, 4) is 0 Å². The second-order valence-corrected chi connectivity index (χ2v) is 7.97. The molecule has 4 nitrogen and oxygen atoms in total. The lowest BCUT2D eigenvalue weighted by molar-refractivity contribution is -0.00773. The molecule has 0 amide bonds. The first-order valence-corrected chi connectivity index (χ1v) is 8.29. The Bertz CT molecular complexity index is 597. The molecule has 1 aliphatic rings. The van der Waals surface area contributed by atoms with Crippen molar-refractivity contribution < 1.29 is 13.2 Å². The highest BCUT2D eigenvalue weighted by molar-refractivity contribution is 7.89. The highest BCUT2D eigenvalue weighted by Gasteiger charge is 2.40. The zero-order valence-corrected chi connectivity index (χ0v) is 13.7. The zero-order valence-electron chi connectivity index (χ0n) is 12.9. The van der Waals surface area contributed by atoms with E-state index in [1.54, 1.807) is 4.31 Å². The summed E-state index contributed by atoms with van der Waals surface area (Å²) in [5.74, 6) is 0. The third-order valence-corrected chi connectivity index (χ3v) is 6.14. The summed E-state index contributed by atoms with van der Waals surface area (Å²) in [5, 5.41) is 0. The van der Waals surface area contributed by atoms with Crippen LogP contribution in [0.5, 0.6) is 0 Å². The van der Waals surface area contributed by atoms with E-state index in [-0.39, 0.29) is 0 Å². The van der Waals surface area contributed by atoms with Crippen molar-refractivity contribution in [2.45, 2.75) is 45.1 Å². The highest BCUT2D eigenvalue weighted by atomic mass is 32.2. The Labute approximate surface area is 121 Å². The molecule has 0 bridgehead atoms. The summed E-state index contributed by atoms with van der Waals surface area (Å²) < 4.78 is 33.0. The van der Waals surface area contributed by atoms with E-state index in [9.17, 15) is 8.42 Å². The lowest BCUT2D eigenvalue weighted by atomic mass is 10.1. The summed E-state index contributed by atoms with van der Waals surface area (Å²) in [5.41, 5.74) is 2.19. The molecule has 1 heterocycles. The highest BCUT2D eigenvalue weighted by Crippen LogP contribution is 2.31. The predicted octanol–water partition coefficient (Wildman–Crippen LogP) is 2.41. The Hall–Kier alpha value is -0.910. The van der Waals surface area contributed by atoms with E-state index in [0.29, 0.717) is 24.7 Å². The fourth-order valence-corrected chi connectivity index (χ4v) is 5.14. The number of benzene rings is 1. The van der Waals surface area contributed by atoms with Crippen molar-refractivity contribution in [3.63, 3.8) is 0 Å². The average molecular weight is 297 g/mol. The molecule has 5 heteroatoms. The molecule has 0 saturated carbocycles. The van der Waals surface area contributed by atoms with Crippen LogP contribution in [0.25, 0.3) is 0 Å². The van der Waals surface area contributed by atoms with Gasteiger partial charge < -0.3 is 4.74 Å². The second kappa shape index (κ2) is 5.13. The maximum absolute atomic E-state index is 13.0. The molecule has 1 fully saturated rings. The topological polar surface area (TPSA) is 46.6 Å². The number of morpholine rings is 1. The summed E-state index contributed by atoms with van der Waals surface area (Å²) >= 11 is 0. The van der Waals surface area contributed by atoms with E-state index in [1.165, 1.54) is 0 Å². The van der Waals surface area contributed by atoms with Gasteiger partial charge in [0.2, 0.25) is 10.0 Å². The standard InChI is InChI=1S/C15H23NO3S/c1-11-8-12(2)14(13(3)9-11)20(17,18)16-6-7-19-10-15(16,4)5/h8-9H,6-7,10H2,1-5H3. The van der Waals surface area contributed by atoms with Crippen molar-refractivity contribution >= 4 is 10.0 Å². The molecule has 0 unspecified atom stereocenters. The van der Waals surface area contributed by atoms with Crippen molar-refractivity contribution in [1.82, 2.24) is 4.31 Å². The number of hydrogen-bond acceptors (Lipinski definition) is 3. The van der Waals surface area contributed by atoms with Crippen molar-refractivity contribution in [1.29, 1.82) is 0 Å². The third-order valence-electron chi connectivity index (χ3n) is 3.72. The molecule has 112 valence electrons. The number of rotatable bonds is 2. The Morgan fingerprint density at radius 3 is 2.20 bits per heavy atom. The van der Waals surface area contributed by atoms with E-state index < -0.39 is 15.6 Å². The average Bonchev–Trinajstić information content (AvgIpc) is 2.25. The van der Waals surface area contributed by atoms with Gasteiger partial charge in [0.1, 0.15) is 0 Å². The lowest BCUT2D eigenvalue weighted by Gasteiger charge is -2.41. The SMILES string of the molecule is Cc1cc(C)c(S(=O)(=O)N2CCOCC2(C)C)c(C)c1. The van der Waals surface area contributed by atoms with Gasteiger partial charge in [-0.2, -0.15) is 4.31 Å². The fourth-order valence-electron chi connectivity index (χ4n) is 2.97. The molecule has 1 aromatic carbocycles. The molecule has 20 heavy (non-hydrogen) atoms. The number of ether oxygens (including phenoxy) is 1. The van der Waals surface area contributed by atoms with Gasteiger partial charge in [0.05, 0.1) is 23.6 Å². The van der Waals surface area contributed by atoms with Crippen LogP contribution < -0.4 is 0 Å². The van der Waals surface area contributed by atoms with Gasteiger partial charge >= 0.3 is 0 Å². The summed E-state index contributed by atoms with van der Waals surface area (Å²) in [4.78, 5) is 0.443. The fraction of sp³-hybridized carbons (Fsp3) is 0.600. The molecule has 2 rings (SSSR count). The molecule has 0 N–H and O–H groups in total. The van der Waals surface area contributed by atoms with Gasteiger partial charge in [-0.05, 0) is 45.7 Å². The predicted molar refractivity (Wildman–Crippen MR) is 79.4 cm³/mol. The Balaban J connectivity index is 2.56. The van der Waals surface area contributed by atoms with Crippen LogP contribution in [0.3, 0.4) is 0 Å². The minimum absolute atomic E-state index is 0.405. The first kappa shape index (κ1) is 15.5. The van der Waals surface area contributed by atoms with E-state index in [2.05, 4.69) is 0 Å². The Morgan fingerprint density at radius 1 is 1.15 bits per heavy atom. The van der Waals surface area contributed by atoms with E-state index in [1.807, 2.05) is 46.8 Å². The number of aryl methyl sites for hydroxylation is 3. The molecule has 0 aromatic heterocycles. The summed E-state index contributed by atoms with van der Waals surface area (Å²) in [7, 11) is -3.49. The van der Waals surface area contributed by atoms with E-state index >= 15 is 0 Å². The van der Waals surface area contributed by atoms with Crippen molar-refractivity contribution in [2.75, 3.05) is 19.8 Å². The molecular formula is C15H23NO3S. The van der Waals surface area contributed by atoms with Crippen LogP contribution >= 0.6 is 0 Å². The smallest absolute Gasteiger partial charge is 0.244 e. The minimum atomic E-state index is -3.49. The monoisotopic (exact) mass is 297 g/mol. The van der Waals surface area contributed by atoms with Crippen LogP contribution in [-0.2, 0) is 14.8 Å². The molecular weight excluding hydrogens is 274 g/mol. The van der Waals surface area contributed by atoms with Crippen LogP contribution in [0, 0.1) is 20.8 Å². The van der Waals surface area contributed by atoms with Gasteiger partial charge in [-0.25, -0.2) is 8.42 Å².